The Morgan fingerprint density at radius 3 is 1.64 bits per heavy atom. The number of carboxylic acids is 2. The number of nitrogens with one attached hydrogen (secondary N) is 3. The maximum absolute atomic E-state index is 13.1. The van der Waals surface area contributed by atoms with Crippen molar-refractivity contribution in [3.05, 3.63) is 130 Å². The molecule has 2 aromatic heterocycles. The summed E-state index contributed by atoms with van der Waals surface area (Å²) >= 11 is 3.42. The molecule has 1 fully saturated rings. The van der Waals surface area contributed by atoms with Crippen LogP contribution in [0.2, 0.25) is 0 Å². The van der Waals surface area contributed by atoms with Crippen LogP contribution in [0.25, 0.3) is 21.8 Å². The number of anilines is 4. The molecule has 5 N–H and O–H groups in total. The van der Waals surface area contributed by atoms with Gasteiger partial charge in [-0.3, -0.25) is 14.8 Å². The van der Waals surface area contributed by atoms with Gasteiger partial charge < -0.3 is 40.5 Å². The Morgan fingerprint density at radius 1 is 0.678 bits per heavy atom. The molecule has 15 nitrogen and oxygen atoms in total. The molecule has 1 saturated heterocycles. The summed E-state index contributed by atoms with van der Waals surface area (Å²) < 4.78 is 11.1. The molecule has 16 heteroatoms. The minimum absolute atomic E-state index is 0.0466. The van der Waals surface area contributed by atoms with Gasteiger partial charge in [-0.05, 0) is 74.5 Å². The molecule has 59 heavy (non-hydrogen) atoms. The normalized spacial score (nSPS) is 12.2. The number of carbonyl (C=O) groups excluding carboxylic acids is 3. The number of aromatic carboxylic acids is 2. The lowest BCUT2D eigenvalue weighted by Gasteiger charge is -2.27. The van der Waals surface area contributed by atoms with E-state index in [1.54, 1.807) is 73.3 Å². The second-order valence-electron chi connectivity index (χ2n) is 12.9. The Morgan fingerprint density at radius 2 is 1.15 bits per heavy atom. The molecule has 1 aliphatic heterocycles. The first-order valence-electron chi connectivity index (χ1n) is 18.5. The molecule has 0 atom stereocenters. The van der Waals surface area contributed by atoms with Crippen LogP contribution in [-0.2, 0) is 9.47 Å². The van der Waals surface area contributed by atoms with E-state index in [9.17, 15) is 34.2 Å². The van der Waals surface area contributed by atoms with E-state index in [0.717, 1.165) is 17.6 Å². The van der Waals surface area contributed by atoms with Gasteiger partial charge >= 0.3 is 23.9 Å². The van der Waals surface area contributed by atoms with Gasteiger partial charge in [-0.25, -0.2) is 19.2 Å². The topological polar surface area (TPSA) is 209 Å². The maximum Gasteiger partial charge on any atom is 0.341 e. The van der Waals surface area contributed by atoms with Crippen LogP contribution in [0.5, 0.6) is 0 Å². The Bertz CT molecular complexity index is 2580. The van der Waals surface area contributed by atoms with Crippen LogP contribution >= 0.6 is 15.9 Å². The van der Waals surface area contributed by atoms with E-state index in [-0.39, 0.29) is 41.4 Å². The van der Waals surface area contributed by atoms with Gasteiger partial charge in [0.2, 0.25) is 0 Å². The highest BCUT2D eigenvalue weighted by Gasteiger charge is 2.23. The van der Waals surface area contributed by atoms with Crippen molar-refractivity contribution in [2.75, 3.05) is 50.0 Å². The number of nitrogens with zero attached hydrogens (tertiary/aromatic N) is 3. The maximum atomic E-state index is 13.1. The van der Waals surface area contributed by atoms with Gasteiger partial charge in [-0.2, -0.15) is 0 Å². The summed E-state index contributed by atoms with van der Waals surface area (Å²) in [7, 11) is 0. The van der Waals surface area contributed by atoms with Crippen molar-refractivity contribution in [3.8, 4) is 0 Å². The van der Waals surface area contributed by atoms with Gasteiger partial charge in [0.25, 0.3) is 5.91 Å². The zero-order valence-corrected chi connectivity index (χ0v) is 33.5. The predicted octanol–water partition coefficient (Wildman–Crippen LogP) is 7.51. The number of carbonyl (C=O) groups is 5. The summed E-state index contributed by atoms with van der Waals surface area (Å²) in [5.41, 5.74) is 3.67. The quantitative estimate of drug-likeness (QED) is 0.0799. The Balaban J connectivity index is 0.000000204. The summed E-state index contributed by atoms with van der Waals surface area (Å²) in [6.07, 6.45) is 2.82. The van der Waals surface area contributed by atoms with Crippen molar-refractivity contribution in [1.29, 1.82) is 0 Å². The molecule has 7 rings (SSSR count). The number of halogens is 1. The van der Waals surface area contributed by atoms with Crippen LogP contribution in [0.3, 0.4) is 0 Å². The second-order valence-corrected chi connectivity index (χ2v) is 13.8. The molecular weight excluding hydrogens is 824 g/mol. The van der Waals surface area contributed by atoms with Crippen molar-refractivity contribution in [2.24, 2.45) is 0 Å². The fourth-order valence-electron chi connectivity index (χ4n) is 6.36. The lowest BCUT2D eigenvalue weighted by atomic mass is 10.0. The summed E-state index contributed by atoms with van der Waals surface area (Å²) in [6, 6.07) is 23.5. The number of carboxylic acid groups (broad SMARTS) is 2. The number of hydrogen-bond acceptors (Lipinski definition) is 12. The minimum atomic E-state index is -1.11. The molecular formula is C43H39BrN6O9. The van der Waals surface area contributed by atoms with Crippen molar-refractivity contribution >= 4 is 90.3 Å². The van der Waals surface area contributed by atoms with Crippen molar-refractivity contribution in [2.45, 2.75) is 13.8 Å². The van der Waals surface area contributed by atoms with Crippen molar-refractivity contribution < 1.29 is 43.7 Å². The Kier molecular flexibility index (Phi) is 13.4. The smallest absolute Gasteiger partial charge is 0.341 e. The van der Waals surface area contributed by atoms with Gasteiger partial charge in [0.1, 0.15) is 11.1 Å². The monoisotopic (exact) mass is 862 g/mol. The van der Waals surface area contributed by atoms with Gasteiger partial charge in [0.15, 0.2) is 0 Å². The molecule has 0 saturated carbocycles. The summed E-state index contributed by atoms with van der Waals surface area (Å²) in [5, 5.41) is 29.6. The first-order chi connectivity index (χ1) is 28.5. The number of benzene rings is 4. The molecule has 0 radical (unpaired) electrons. The van der Waals surface area contributed by atoms with E-state index in [1.165, 1.54) is 24.5 Å². The second kappa shape index (κ2) is 19.0. The largest absolute Gasteiger partial charge is 0.478 e. The number of esters is 2. The Labute approximate surface area is 346 Å². The van der Waals surface area contributed by atoms with Crippen LogP contribution in [0, 0.1) is 0 Å². The number of aromatic nitrogens is 2. The number of hydrogen-bond donors (Lipinski definition) is 5. The van der Waals surface area contributed by atoms with Crippen LogP contribution in [-0.4, -0.2) is 94.3 Å². The summed E-state index contributed by atoms with van der Waals surface area (Å²) in [4.78, 5) is 71.8. The molecule has 0 aliphatic carbocycles. The first-order valence-corrected chi connectivity index (χ1v) is 19.3. The molecule has 0 bridgehead atoms. The average molecular weight is 864 g/mol. The third-order valence-electron chi connectivity index (χ3n) is 9.17. The van der Waals surface area contributed by atoms with Crippen molar-refractivity contribution in [3.63, 3.8) is 0 Å². The highest BCUT2D eigenvalue weighted by atomic mass is 79.9. The van der Waals surface area contributed by atoms with E-state index in [2.05, 4.69) is 41.8 Å². The van der Waals surface area contributed by atoms with Crippen LogP contribution < -0.4 is 16.0 Å². The summed E-state index contributed by atoms with van der Waals surface area (Å²) in [5.74, 6) is -3.41. The molecule has 3 heterocycles. The average Bonchev–Trinajstić information content (AvgIpc) is 3.24. The van der Waals surface area contributed by atoms with Gasteiger partial charge in [0, 0.05) is 59.4 Å². The van der Waals surface area contributed by atoms with E-state index in [4.69, 9.17) is 9.47 Å². The number of amides is 1. The lowest BCUT2D eigenvalue weighted by molar-refractivity contribution is 0.0517. The minimum Gasteiger partial charge on any atom is -0.478 e. The van der Waals surface area contributed by atoms with Crippen molar-refractivity contribution in [1.82, 2.24) is 20.2 Å². The van der Waals surface area contributed by atoms with Crippen LogP contribution in [0.4, 0.5) is 22.7 Å². The number of fused-ring (bicyclic) bond motifs is 2. The SMILES string of the molecule is CCOC(=O)c1cnc2ccc(Br)cc2c1Nc1ccccc1C(=O)O.CCOC(=O)c1cnc2ccc(C(=O)N3CCNCC3)cc2c1Nc1ccccc1C(=O)O. The number of rotatable bonds is 11. The molecule has 1 aliphatic rings. The fraction of sp³-hybridized carbons (Fsp3) is 0.186. The molecule has 302 valence electrons. The number of para-hydroxylation sites is 2. The first kappa shape index (κ1) is 41.7. The third kappa shape index (κ3) is 9.63. The molecule has 0 spiro atoms. The highest BCUT2D eigenvalue weighted by Crippen LogP contribution is 2.34. The van der Waals surface area contributed by atoms with E-state index < -0.39 is 23.9 Å². The van der Waals surface area contributed by atoms with Crippen LogP contribution in [0.15, 0.2) is 102 Å². The standard InChI is InChI=1S/C24H24N4O5.C19H15BrN2O4/c1-2-33-24(32)18-14-26-19-8-7-15(22(29)28-11-9-25-10-12-28)13-17(19)21(18)27-20-6-4-3-5-16(20)23(30)31;1-2-26-19(25)14-10-21-15-8-7-11(20)9-13(15)17(14)22-16-6-4-3-5-12(16)18(23)24/h3-8,13-14,25H,2,9-12H2,1H3,(H,26,27)(H,30,31);3-10H,2H2,1H3,(H,21,22)(H,23,24). The lowest BCUT2D eigenvalue weighted by Crippen LogP contribution is -2.46. The molecule has 1 amide bonds. The van der Waals surface area contributed by atoms with E-state index >= 15 is 0 Å². The van der Waals surface area contributed by atoms with Gasteiger partial charge in [0.05, 0.1) is 58.1 Å². The number of pyridine rings is 2. The molecule has 4 aromatic carbocycles. The zero-order chi connectivity index (χ0) is 42.1. The Hall–Kier alpha value is -6.91. The number of ether oxygens (including phenoxy) is 2. The third-order valence-corrected chi connectivity index (χ3v) is 9.67. The van der Waals surface area contributed by atoms with E-state index in [0.29, 0.717) is 63.2 Å². The van der Waals surface area contributed by atoms with E-state index in [1.807, 2.05) is 18.2 Å². The van der Waals surface area contributed by atoms with Crippen LogP contribution in [0.1, 0.15) is 65.6 Å². The molecule has 6 aromatic rings. The fourth-order valence-corrected chi connectivity index (χ4v) is 6.73. The van der Waals surface area contributed by atoms with Gasteiger partial charge in [-0.1, -0.05) is 40.2 Å². The highest BCUT2D eigenvalue weighted by molar-refractivity contribution is 9.10. The van der Waals surface area contributed by atoms with Gasteiger partial charge in [-0.15, -0.1) is 0 Å². The molecule has 0 unspecified atom stereocenters. The predicted molar refractivity (Wildman–Crippen MR) is 225 cm³/mol. The zero-order valence-electron chi connectivity index (χ0n) is 32.0. The number of piperazine rings is 1. The summed E-state index contributed by atoms with van der Waals surface area (Å²) in [6.45, 7) is 6.48.